The summed E-state index contributed by atoms with van der Waals surface area (Å²) in [5.41, 5.74) is -2.95. The Labute approximate surface area is 323 Å². The number of nitrogens with zero attached hydrogens (tertiary/aromatic N) is 3. The second-order valence-corrected chi connectivity index (χ2v) is 18.2. The van der Waals surface area contributed by atoms with Gasteiger partial charge in [0.15, 0.2) is 5.69 Å². The lowest BCUT2D eigenvalue weighted by Gasteiger charge is -2.35. The topological polar surface area (TPSA) is 195 Å². The summed E-state index contributed by atoms with van der Waals surface area (Å²) in [5, 5.41) is 4.68. The van der Waals surface area contributed by atoms with Crippen molar-refractivity contribution in [2.75, 3.05) is 13.2 Å². The highest BCUT2D eigenvalue weighted by atomic mass is 32.2. The number of aromatic nitrogens is 2. The number of halogens is 2. The average molecular weight is 801 g/mol. The van der Waals surface area contributed by atoms with Crippen molar-refractivity contribution in [2.45, 2.75) is 113 Å². The Bertz CT molecular complexity index is 2070. The van der Waals surface area contributed by atoms with E-state index >= 15 is 8.78 Å². The van der Waals surface area contributed by atoms with Gasteiger partial charge in [0.25, 0.3) is 5.91 Å². The van der Waals surface area contributed by atoms with E-state index in [-0.39, 0.29) is 37.0 Å². The fourth-order valence-electron chi connectivity index (χ4n) is 7.61. The van der Waals surface area contributed by atoms with Crippen LogP contribution in [0.1, 0.15) is 71.4 Å². The summed E-state index contributed by atoms with van der Waals surface area (Å²) >= 11 is 0. The van der Waals surface area contributed by atoms with Gasteiger partial charge in [0, 0.05) is 12.3 Å². The molecular formula is C38H46F2N6O9S. The number of carbonyl (C=O) groups excluding carboxylic acids is 4. The third kappa shape index (κ3) is 7.94. The van der Waals surface area contributed by atoms with Crippen molar-refractivity contribution in [2.24, 2.45) is 11.3 Å². The van der Waals surface area contributed by atoms with Gasteiger partial charge in [-0.1, -0.05) is 45.1 Å². The lowest BCUT2D eigenvalue weighted by molar-refractivity contribution is -0.143. The van der Waals surface area contributed by atoms with Gasteiger partial charge in [-0.25, -0.2) is 23.2 Å². The van der Waals surface area contributed by atoms with Gasteiger partial charge in [-0.3, -0.25) is 19.1 Å². The fraction of sp³-hybridized carbons (Fsp3) is 0.579. The highest BCUT2D eigenvalue weighted by molar-refractivity contribution is 7.91. The van der Waals surface area contributed by atoms with Crippen molar-refractivity contribution in [3.63, 3.8) is 0 Å². The Hall–Kier alpha value is -4.71. The van der Waals surface area contributed by atoms with Crippen LogP contribution in [0.3, 0.4) is 0 Å². The number of fused-ring (bicyclic) bond motifs is 5. The first kappa shape index (κ1) is 39.5. The highest BCUT2D eigenvalue weighted by Gasteiger charge is 2.62. The van der Waals surface area contributed by atoms with E-state index in [0.29, 0.717) is 38.2 Å². The fourth-order valence-corrected chi connectivity index (χ4v) is 8.97. The molecule has 302 valence electrons. The van der Waals surface area contributed by atoms with E-state index < -0.39 is 104 Å². The molecule has 7 atom stereocenters. The number of sulfonamides is 1. The van der Waals surface area contributed by atoms with E-state index in [1.807, 2.05) is 0 Å². The summed E-state index contributed by atoms with van der Waals surface area (Å²) in [6, 6.07) is 3.79. The van der Waals surface area contributed by atoms with E-state index in [9.17, 15) is 27.6 Å². The predicted molar refractivity (Wildman–Crippen MR) is 197 cm³/mol. The van der Waals surface area contributed by atoms with Crippen LogP contribution in [0, 0.1) is 11.3 Å². The van der Waals surface area contributed by atoms with E-state index in [0.717, 1.165) is 6.08 Å². The van der Waals surface area contributed by atoms with Crippen molar-refractivity contribution in [1.82, 2.24) is 30.2 Å². The number of amides is 4. The molecule has 15 nitrogen and oxygen atoms in total. The molecule has 0 unspecified atom stereocenters. The molecule has 4 amide bonds. The molecule has 7 rings (SSSR count). The minimum atomic E-state index is -3.98. The monoisotopic (exact) mass is 800 g/mol. The van der Waals surface area contributed by atoms with E-state index in [1.165, 1.54) is 17.0 Å². The molecule has 0 radical (unpaired) electrons. The Morgan fingerprint density at radius 2 is 1.75 bits per heavy atom. The van der Waals surface area contributed by atoms with E-state index in [4.69, 9.17) is 14.2 Å². The molecule has 4 fully saturated rings. The van der Waals surface area contributed by atoms with E-state index in [1.54, 1.807) is 39.0 Å². The maximum atomic E-state index is 16.1. The Morgan fingerprint density at radius 1 is 1.05 bits per heavy atom. The van der Waals surface area contributed by atoms with Gasteiger partial charge in [-0.2, -0.15) is 8.78 Å². The zero-order valence-electron chi connectivity index (χ0n) is 31.3. The van der Waals surface area contributed by atoms with E-state index in [2.05, 4.69) is 31.9 Å². The number of benzene rings is 1. The first-order valence-corrected chi connectivity index (χ1v) is 20.4. The first-order chi connectivity index (χ1) is 26.4. The Balaban J connectivity index is 1.26. The highest BCUT2D eigenvalue weighted by Crippen LogP contribution is 2.46. The number of alkyl carbamates (subject to hydrolysis) is 1. The third-order valence-corrected chi connectivity index (χ3v) is 12.8. The largest absolute Gasteiger partial charge is 0.471 e. The summed E-state index contributed by atoms with van der Waals surface area (Å²) < 4.78 is 77.4. The summed E-state index contributed by atoms with van der Waals surface area (Å²) in [7, 11) is -3.98. The van der Waals surface area contributed by atoms with Gasteiger partial charge in [0.2, 0.25) is 27.7 Å². The van der Waals surface area contributed by atoms with Crippen molar-refractivity contribution in [3.8, 4) is 5.88 Å². The first-order valence-electron chi connectivity index (χ1n) is 18.8. The maximum absolute atomic E-state index is 16.1. The lowest BCUT2D eigenvalue weighted by Crippen LogP contribution is -2.60. The molecule has 3 heterocycles. The standard InChI is InChI=1S/C38H46F2N6O9S/c1-5-21-19-37(21,34(49)45-56(51,52)23-14-15-23)44-31(47)26-18-22-20-46(26)33(48)30(36(2,3)4)43-35(50)55-28-13-8-12-27(28)53-17-9-16-38(39,40)29-32(54-22)42-25-11-7-6-10-24(25)41-29/h5-7,9-11,16,21-23,26-28,30H,1,8,12-15,17-20H2,2-4H3,(H,43,50)(H,44,47)(H,45,49)/b16-9+/t21-,22-,26+,27-,28-,30-,37+/m1/s1. The molecule has 0 spiro atoms. The van der Waals surface area contributed by atoms with Crippen molar-refractivity contribution < 1.29 is 50.6 Å². The van der Waals surface area contributed by atoms with Gasteiger partial charge >= 0.3 is 12.0 Å². The molecule has 1 aromatic heterocycles. The van der Waals surface area contributed by atoms with Crippen LogP contribution in [0.25, 0.3) is 11.0 Å². The van der Waals surface area contributed by atoms with Crippen LogP contribution in [0.5, 0.6) is 5.88 Å². The van der Waals surface area contributed by atoms with Gasteiger partial charge in [0.05, 0.1) is 35.5 Å². The van der Waals surface area contributed by atoms with Crippen LogP contribution in [-0.4, -0.2) is 101 Å². The molecule has 3 aliphatic carbocycles. The van der Waals surface area contributed by atoms with Crippen molar-refractivity contribution in [1.29, 1.82) is 0 Å². The number of allylic oxidation sites excluding steroid dienone is 1. The Kier molecular flexibility index (Phi) is 10.3. The summed E-state index contributed by atoms with van der Waals surface area (Å²) in [4.78, 5) is 65.7. The van der Waals surface area contributed by atoms with Crippen LogP contribution in [0.4, 0.5) is 13.6 Å². The summed E-state index contributed by atoms with van der Waals surface area (Å²) in [6.07, 6.45) is 2.18. The van der Waals surface area contributed by atoms with Crippen LogP contribution in [0.15, 0.2) is 49.1 Å². The number of carbonyl (C=O) groups is 4. The van der Waals surface area contributed by atoms with Crippen LogP contribution in [0.2, 0.25) is 0 Å². The van der Waals surface area contributed by atoms with Crippen LogP contribution >= 0.6 is 0 Å². The normalized spacial score (nSPS) is 31.3. The average Bonchev–Trinajstić information content (AvgIpc) is 4.03. The molecule has 56 heavy (non-hydrogen) atoms. The summed E-state index contributed by atoms with van der Waals surface area (Å²) in [5.74, 6) is -7.29. The molecule has 1 aromatic carbocycles. The molecule has 2 aromatic rings. The SMILES string of the molecule is C=C[C@@H]1C[C@@]1(NC(=O)[C@@H]1C[C@@H]2CN1C(=O)[C@H](C(C)(C)C)NC(=O)O[C@@H]1CCC[C@H]1OC/C=C/C(F)(F)c1nc3ccccc3nc1O2)C(=O)NS(=O)(=O)C1CC1. The second-order valence-electron chi connectivity index (χ2n) is 16.2. The Morgan fingerprint density at radius 3 is 2.41 bits per heavy atom. The molecule has 5 aliphatic rings. The summed E-state index contributed by atoms with van der Waals surface area (Å²) in [6.45, 7) is 8.35. The number of hydrogen-bond acceptors (Lipinski definition) is 11. The number of ether oxygens (including phenoxy) is 3. The molecule has 2 aliphatic heterocycles. The smallest absolute Gasteiger partial charge is 0.408 e. The minimum absolute atomic E-state index is 0.0530. The maximum Gasteiger partial charge on any atom is 0.408 e. The van der Waals surface area contributed by atoms with Gasteiger partial charge in [0.1, 0.15) is 29.8 Å². The van der Waals surface area contributed by atoms with Crippen LogP contribution < -0.4 is 20.1 Å². The number of hydrogen-bond donors (Lipinski definition) is 3. The number of nitrogens with one attached hydrogen (secondary N) is 3. The van der Waals surface area contributed by atoms with Crippen LogP contribution in [-0.2, 0) is 39.8 Å². The molecule has 18 heteroatoms. The predicted octanol–water partition coefficient (Wildman–Crippen LogP) is 3.39. The van der Waals surface area contributed by atoms with Crippen molar-refractivity contribution in [3.05, 3.63) is 54.8 Å². The molecular weight excluding hydrogens is 755 g/mol. The lowest BCUT2D eigenvalue weighted by atomic mass is 9.85. The number of alkyl halides is 2. The van der Waals surface area contributed by atoms with Gasteiger partial charge in [-0.05, 0) is 62.1 Å². The zero-order valence-corrected chi connectivity index (χ0v) is 32.2. The molecule has 3 N–H and O–H groups in total. The third-order valence-electron chi connectivity index (χ3n) is 11.0. The van der Waals surface area contributed by atoms with Crippen molar-refractivity contribution >= 4 is 44.9 Å². The van der Waals surface area contributed by atoms with Gasteiger partial charge in [-0.15, -0.1) is 6.58 Å². The minimum Gasteiger partial charge on any atom is -0.471 e. The molecule has 3 saturated carbocycles. The molecule has 2 bridgehead atoms. The second kappa shape index (κ2) is 14.7. The van der Waals surface area contributed by atoms with Gasteiger partial charge < -0.3 is 29.7 Å². The number of para-hydroxylation sites is 2. The molecule has 1 saturated heterocycles. The zero-order chi connectivity index (χ0) is 40.2. The quantitative estimate of drug-likeness (QED) is 0.363. The number of rotatable bonds is 6.